The summed E-state index contributed by atoms with van der Waals surface area (Å²) in [6.07, 6.45) is 4.24. The molecule has 2 aromatic rings. The van der Waals surface area contributed by atoms with Crippen molar-refractivity contribution in [1.82, 2.24) is 9.47 Å². The third kappa shape index (κ3) is 5.36. The Morgan fingerprint density at radius 3 is 2.39 bits per heavy atom. The zero-order valence-corrected chi connectivity index (χ0v) is 23.6. The van der Waals surface area contributed by atoms with E-state index in [9.17, 15) is 19.2 Å². The van der Waals surface area contributed by atoms with Gasteiger partial charge in [0, 0.05) is 44.8 Å². The molecule has 0 saturated carbocycles. The van der Waals surface area contributed by atoms with Gasteiger partial charge in [-0.05, 0) is 43.5 Å². The van der Waals surface area contributed by atoms with Gasteiger partial charge in [0.25, 0.3) is 11.5 Å². The SMILES string of the molecule is CCCCn1c(N2CCN(c3ccccc3F)CC2)c(C=C2SC(=S)N(CCC)C2=O)c(C)c(C#N)c1=O. The number of amides is 1. The van der Waals surface area contributed by atoms with Crippen molar-refractivity contribution < 1.29 is 9.18 Å². The van der Waals surface area contributed by atoms with Crippen LogP contribution in [0, 0.1) is 24.1 Å². The molecule has 0 N–H and O–H groups in total. The van der Waals surface area contributed by atoms with Gasteiger partial charge in [-0.3, -0.25) is 19.1 Å². The summed E-state index contributed by atoms with van der Waals surface area (Å²) in [5.41, 5.74) is 1.57. The molecule has 10 heteroatoms. The number of rotatable bonds is 8. The first-order valence-electron chi connectivity index (χ1n) is 13.0. The zero-order chi connectivity index (χ0) is 27.4. The summed E-state index contributed by atoms with van der Waals surface area (Å²) in [5, 5.41) is 9.89. The maximum atomic E-state index is 14.4. The van der Waals surface area contributed by atoms with Crippen LogP contribution in [-0.4, -0.2) is 52.4 Å². The number of pyridine rings is 1. The Kier molecular flexibility index (Phi) is 8.90. The zero-order valence-electron chi connectivity index (χ0n) is 22.0. The van der Waals surface area contributed by atoms with Gasteiger partial charge in [0.05, 0.1) is 10.6 Å². The van der Waals surface area contributed by atoms with Crippen LogP contribution in [0.25, 0.3) is 6.08 Å². The molecule has 2 saturated heterocycles. The minimum absolute atomic E-state index is 0.0881. The molecule has 0 atom stereocenters. The number of thiocarbonyl (C=S) groups is 1. The summed E-state index contributed by atoms with van der Waals surface area (Å²) < 4.78 is 16.6. The first kappa shape index (κ1) is 27.9. The van der Waals surface area contributed by atoms with Crippen molar-refractivity contribution in [1.29, 1.82) is 5.26 Å². The van der Waals surface area contributed by atoms with Crippen LogP contribution in [0.3, 0.4) is 0 Å². The van der Waals surface area contributed by atoms with Gasteiger partial charge >= 0.3 is 0 Å². The highest BCUT2D eigenvalue weighted by molar-refractivity contribution is 8.26. The number of thioether (sulfide) groups is 1. The van der Waals surface area contributed by atoms with Crippen molar-refractivity contribution in [2.75, 3.05) is 42.5 Å². The summed E-state index contributed by atoms with van der Waals surface area (Å²) in [7, 11) is 0. The molecular formula is C28H32FN5O2S2. The van der Waals surface area contributed by atoms with Crippen LogP contribution < -0.4 is 15.4 Å². The maximum Gasteiger partial charge on any atom is 0.270 e. The minimum atomic E-state index is -0.319. The molecule has 1 amide bonds. The second-order valence-corrected chi connectivity index (χ2v) is 11.1. The molecule has 2 aliphatic rings. The average molecular weight is 554 g/mol. The standard InChI is InChI=1S/C28H32FN5O2S2/c1-4-6-12-33-25(32-15-13-31(14-16-32)23-10-8-7-9-22(23)29)20(19(3)21(18-30)26(33)35)17-24-27(36)34(11-5-2)28(37)38-24/h7-10,17H,4-6,11-16H2,1-3H3. The Bertz CT molecular complexity index is 1370. The lowest BCUT2D eigenvalue weighted by atomic mass is 10.0. The lowest BCUT2D eigenvalue weighted by molar-refractivity contribution is -0.122. The molecule has 1 aromatic heterocycles. The number of hydrogen-bond donors (Lipinski definition) is 0. The number of carbonyl (C=O) groups is 1. The van der Waals surface area contributed by atoms with E-state index in [0.29, 0.717) is 71.1 Å². The van der Waals surface area contributed by atoms with Crippen LogP contribution in [0.15, 0.2) is 34.0 Å². The van der Waals surface area contributed by atoms with E-state index in [-0.39, 0.29) is 22.8 Å². The Hall–Kier alpha value is -3.16. The predicted octanol–water partition coefficient (Wildman–Crippen LogP) is 4.91. The summed E-state index contributed by atoms with van der Waals surface area (Å²) in [5.74, 6) is 0.292. The van der Waals surface area contributed by atoms with Crippen molar-refractivity contribution in [3.63, 3.8) is 0 Å². The Morgan fingerprint density at radius 2 is 1.76 bits per heavy atom. The highest BCUT2D eigenvalue weighted by atomic mass is 32.2. The molecule has 38 heavy (non-hydrogen) atoms. The summed E-state index contributed by atoms with van der Waals surface area (Å²) in [4.78, 5) is 32.9. The third-order valence-electron chi connectivity index (χ3n) is 6.95. The number of anilines is 2. The molecule has 0 aliphatic carbocycles. The van der Waals surface area contributed by atoms with E-state index < -0.39 is 0 Å². The van der Waals surface area contributed by atoms with Gasteiger partial charge in [0.2, 0.25) is 0 Å². The topological polar surface area (TPSA) is 72.6 Å². The van der Waals surface area contributed by atoms with Crippen LogP contribution in [0.5, 0.6) is 0 Å². The minimum Gasteiger partial charge on any atom is -0.366 e. The fourth-order valence-corrected chi connectivity index (χ4v) is 6.21. The molecular weight excluding hydrogens is 521 g/mol. The van der Waals surface area contributed by atoms with Crippen molar-refractivity contribution in [2.45, 2.75) is 46.6 Å². The second kappa shape index (κ2) is 12.1. The molecule has 4 rings (SSSR count). The third-order valence-corrected chi connectivity index (χ3v) is 8.33. The number of piperazine rings is 1. The van der Waals surface area contributed by atoms with Crippen molar-refractivity contribution in [3.8, 4) is 6.07 Å². The molecule has 0 spiro atoms. The van der Waals surface area contributed by atoms with Crippen LogP contribution in [0.4, 0.5) is 15.9 Å². The van der Waals surface area contributed by atoms with E-state index in [1.54, 1.807) is 34.6 Å². The molecule has 2 fully saturated rings. The summed E-state index contributed by atoms with van der Waals surface area (Å²) in [6, 6.07) is 8.84. The number of aromatic nitrogens is 1. The number of para-hydroxylation sites is 1. The van der Waals surface area contributed by atoms with E-state index in [1.165, 1.54) is 17.8 Å². The molecule has 200 valence electrons. The monoisotopic (exact) mass is 553 g/mol. The molecule has 7 nitrogen and oxygen atoms in total. The molecule has 0 radical (unpaired) electrons. The van der Waals surface area contributed by atoms with Crippen LogP contribution in [-0.2, 0) is 11.3 Å². The smallest absolute Gasteiger partial charge is 0.270 e. The average Bonchev–Trinajstić information content (AvgIpc) is 3.18. The van der Waals surface area contributed by atoms with E-state index in [2.05, 4.69) is 17.9 Å². The Labute approximate surface area is 232 Å². The van der Waals surface area contributed by atoms with Gasteiger partial charge in [0.1, 0.15) is 27.6 Å². The van der Waals surface area contributed by atoms with Crippen molar-refractivity contribution in [2.24, 2.45) is 0 Å². The van der Waals surface area contributed by atoms with Crippen LogP contribution in [0.2, 0.25) is 0 Å². The largest absolute Gasteiger partial charge is 0.366 e. The predicted molar refractivity (Wildman–Crippen MR) is 156 cm³/mol. The normalized spacial score (nSPS) is 17.0. The van der Waals surface area contributed by atoms with Gasteiger partial charge in [-0.25, -0.2) is 4.39 Å². The van der Waals surface area contributed by atoms with Gasteiger partial charge in [0.15, 0.2) is 0 Å². The lowest BCUT2D eigenvalue weighted by Gasteiger charge is -2.39. The van der Waals surface area contributed by atoms with Crippen LogP contribution >= 0.6 is 24.0 Å². The highest BCUT2D eigenvalue weighted by Gasteiger charge is 2.33. The van der Waals surface area contributed by atoms with E-state index in [0.717, 1.165) is 19.3 Å². The molecule has 0 bridgehead atoms. The fraction of sp³-hybridized carbons (Fsp3) is 0.429. The van der Waals surface area contributed by atoms with Crippen molar-refractivity contribution in [3.05, 3.63) is 62.0 Å². The first-order chi connectivity index (χ1) is 18.3. The Morgan fingerprint density at radius 1 is 1.08 bits per heavy atom. The molecule has 3 heterocycles. The van der Waals surface area contributed by atoms with E-state index in [1.807, 2.05) is 17.9 Å². The first-order valence-corrected chi connectivity index (χ1v) is 14.2. The number of benzene rings is 1. The van der Waals surface area contributed by atoms with Crippen molar-refractivity contribution >= 4 is 51.8 Å². The number of halogens is 1. The maximum absolute atomic E-state index is 14.4. The lowest BCUT2D eigenvalue weighted by Crippen LogP contribution is -2.49. The van der Waals surface area contributed by atoms with Gasteiger partial charge in [-0.15, -0.1) is 0 Å². The number of hydrogen-bond acceptors (Lipinski definition) is 7. The number of nitrogens with zero attached hydrogens (tertiary/aromatic N) is 5. The number of carbonyl (C=O) groups excluding carboxylic acids is 1. The van der Waals surface area contributed by atoms with Gasteiger partial charge in [-0.1, -0.05) is 56.4 Å². The summed E-state index contributed by atoms with van der Waals surface area (Å²) in [6.45, 7) is 9.08. The fourth-order valence-electron chi connectivity index (χ4n) is 4.92. The molecule has 2 aliphatic heterocycles. The number of nitriles is 1. The quantitative estimate of drug-likeness (QED) is 0.340. The van der Waals surface area contributed by atoms with Gasteiger partial charge < -0.3 is 9.80 Å². The second-order valence-electron chi connectivity index (χ2n) is 9.42. The van der Waals surface area contributed by atoms with Crippen LogP contribution in [0.1, 0.15) is 49.8 Å². The van der Waals surface area contributed by atoms with Gasteiger partial charge in [-0.2, -0.15) is 5.26 Å². The number of unbranched alkanes of at least 4 members (excludes halogenated alkanes) is 1. The van der Waals surface area contributed by atoms with E-state index in [4.69, 9.17) is 12.2 Å². The highest BCUT2D eigenvalue weighted by Crippen LogP contribution is 2.36. The Balaban J connectivity index is 1.80. The molecule has 0 unspecified atom stereocenters. The van der Waals surface area contributed by atoms with E-state index >= 15 is 0 Å². The summed E-state index contributed by atoms with van der Waals surface area (Å²) >= 11 is 6.71. The molecule has 1 aromatic carbocycles.